The molecule has 0 bridgehead atoms. The monoisotopic (exact) mass is 396 g/mol. The SMILES string of the molecule is O=C(NC(Cc1ccccc1)C(=O)N1CCOCC1)c1ccn(C2CCCC2)n1. The summed E-state index contributed by atoms with van der Waals surface area (Å²) in [4.78, 5) is 27.8. The van der Waals surface area contributed by atoms with Gasteiger partial charge in [-0.1, -0.05) is 43.2 Å². The predicted molar refractivity (Wildman–Crippen MR) is 109 cm³/mol. The van der Waals surface area contributed by atoms with Gasteiger partial charge in [-0.15, -0.1) is 0 Å². The van der Waals surface area contributed by atoms with E-state index >= 15 is 0 Å². The first-order chi connectivity index (χ1) is 14.2. The second-order valence-corrected chi connectivity index (χ2v) is 7.77. The molecule has 29 heavy (non-hydrogen) atoms. The van der Waals surface area contributed by atoms with Gasteiger partial charge in [0, 0.05) is 25.7 Å². The van der Waals surface area contributed by atoms with Crippen molar-refractivity contribution < 1.29 is 14.3 Å². The minimum absolute atomic E-state index is 0.0688. The van der Waals surface area contributed by atoms with Crippen molar-refractivity contribution in [3.05, 3.63) is 53.9 Å². The Morgan fingerprint density at radius 2 is 1.83 bits per heavy atom. The number of nitrogens with zero attached hydrogens (tertiary/aromatic N) is 3. The van der Waals surface area contributed by atoms with Crippen molar-refractivity contribution in [2.24, 2.45) is 0 Å². The van der Waals surface area contributed by atoms with Crippen LogP contribution in [0, 0.1) is 0 Å². The van der Waals surface area contributed by atoms with Gasteiger partial charge in [-0.05, 0) is 24.5 Å². The molecule has 2 aromatic rings. The van der Waals surface area contributed by atoms with E-state index in [4.69, 9.17) is 4.74 Å². The Morgan fingerprint density at radius 1 is 1.10 bits per heavy atom. The molecule has 1 aliphatic carbocycles. The van der Waals surface area contributed by atoms with Gasteiger partial charge in [0.05, 0.1) is 19.3 Å². The van der Waals surface area contributed by atoms with Crippen LogP contribution in [0.4, 0.5) is 0 Å². The maximum Gasteiger partial charge on any atom is 0.272 e. The maximum absolute atomic E-state index is 13.1. The van der Waals surface area contributed by atoms with E-state index < -0.39 is 6.04 Å². The molecule has 1 aliphatic heterocycles. The van der Waals surface area contributed by atoms with Crippen LogP contribution in [-0.4, -0.2) is 58.8 Å². The van der Waals surface area contributed by atoms with Gasteiger partial charge < -0.3 is 15.0 Å². The molecule has 2 fully saturated rings. The highest BCUT2D eigenvalue weighted by Crippen LogP contribution is 2.28. The number of benzene rings is 1. The fourth-order valence-corrected chi connectivity index (χ4v) is 4.12. The minimum Gasteiger partial charge on any atom is -0.378 e. The largest absolute Gasteiger partial charge is 0.378 e. The van der Waals surface area contributed by atoms with Crippen molar-refractivity contribution in [1.82, 2.24) is 20.0 Å². The van der Waals surface area contributed by atoms with E-state index in [9.17, 15) is 9.59 Å². The fraction of sp³-hybridized carbons (Fsp3) is 0.500. The third-order valence-corrected chi connectivity index (χ3v) is 5.75. The van der Waals surface area contributed by atoms with Crippen LogP contribution >= 0.6 is 0 Å². The molecule has 0 radical (unpaired) electrons. The molecule has 2 aliphatic rings. The lowest BCUT2D eigenvalue weighted by Crippen LogP contribution is -2.52. The maximum atomic E-state index is 13.1. The average Bonchev–Trinajstić information content (AvgIpc) is 3.46. The summed E-state index contributed by atoms with van der Waals surface area (Å²) in [5.41, 5.74) is 1.38. The van der Waals surface area contributed by atoms with Gasteiger partial charge in [0.1, 0.15) is 11.7 Å². The predicted octanol–water partition coefficient (Wildman–Crippen LogP) is 2.20. The zero-order valence-electron chi connectivity index (χ0n) is 16.6. The second-order valence-electron chi connectivity index (χ2n) is 7.77. The Hall–Kier alpha value is -2.67. The number of carbonyl (C=O) groups excluding carboxylic acids is 2. The number of nitrogens with one attached hydrogen (secondary N) is 1. The Labute approximate surface area is 171 Å². The number of rotatable bonds is 6. The lowest BCUT2D eigenvalue weighted by molar-refractivity contribution is -0.137. The molecule has 1 aromatic heterocycles. The van der Waals surface area contributed by atoms with Crippen LogP contribution in [0.2, 0.25) is 0 Å². The highest BCUT2D eigenvalue weighted by Gasteiger charge is 2.28. The molecule has 1 unspecified atom stereocenters. The molecule has 7 nitrogen and oxygen atoms in total. The van der Waals surface area contributed by atoms with E-state index in [-0.39, 0.29) is 11.8 Å². The Balaban J connectivity index is 1.47. The van der Waals surface area contributed by atoms with Crippen molar-refractivity contribution in [1.29, 1.82) is 0 Å². The number of morpholine rings is 1. The molecule has 0 spiro atoms. The summed E-state index contributed by atoms with van der Waals surface area (Å²) in [6, 6.07) is 11.3. The van der Waals surface area contributed by atoms with E-state index in [2.05, 4.69) is 10.4 Å². The lowest BCUT2D eigenvalue weighted by atomic mass is 10.0. The first-order valence-electron chi connectivity index (χ1n) is 10.5. The van der Waals surface area contributed by atoms with E-state index in [1.54, 1.807) is 11.0 Å². The van der Waals surface area contributed by atoms with Crippen LogP contribution in [0.3, 0.4) is 0 Å². The van der Waals surface area contributed by atoms with Crippen molar-refractivity contribution in [2.75, 3.05) is 26.3 Å². The molecule has 2 heterocycles. The minimum atomic E-state index is -0.625. The first kappa shape index (κ1) is 19.6. The summed E-state index contributed by atoms with van der Waals surface area (Å²) in [7, 11) is 0. The van der Waals surface area contributed by atoms with Gasteiger partial charge in [-0.2, -0.15) is 5.10 Å². The van der Waals surface area contributed by atoms with E-state index in [0.717, 1.165) is 18.4 Å². The summed E-state index contributed by atoms with van der Waals surface area (Å²) in [6.45, 7) is 2.17. The zero-order chi connectivity index (χ0) is 20.1. The summed E-state index contributed by atoms with van der Waals surface area (Å²) >= 11 is 0. The Bertz CT molecular complexity index is 824. The smallest absolute Gasteiger partial charge is 0.272 e. The summed E-state index contributed by atoms with van der Waals surface area (Å²) < 4.78 is 7.26. The van der Waals surface area contributed by atoms with Gasteiger partial charge in [-0.3, -0.25) is 14.3 Å². The number of aromatic nitrogens is 2. The molecule has 2 amide bonds. The van der Waals surface area contributed by atoms with E-state index in [1.807, 2.05) is 41.2 Å². The molecule has 154 valence electrons. The molecular weight excluding hydrogens is 368 g/mol. The van der Waals surface area contributed by atoms with Crippen molar-refractivity contribution in [3.8, 4) is 0 Å². The zero-order valence-corrected chi connectivity index (χ0v) is 16.6. The fourth-order valence-electron chi connectivity index (χ4n) is 4.12. The summed E-state index contributed by atoms with van der Waals surface area (Å²) in [6.07, 6.45) is 6.95. The van der Waals surface area contributed by atoms with Crippen molar-refractivity contribution in [2.45, 2.75) is 44.2 Å². The second kappa shape index (κ2) is 9.22. The third kappa shape index (κ3) is 4.85. The van der Waals surface area contributed by atoms with Crippen LogP contribution in [-0.2, 0) is 16.0 Å². The molecule has 7 heteroatoms. The van der Waals surface area contributed by atoms with Crippen LogP contribution < -0.4 is 5.32 Å². The van der Waals surface area contributed by atoms with Crippen LogP contribution in [0.25, 0.3) is 0 Å². The summed E-state index contributed by atoms with van der Waals surface area (Å²) in [5, 5.41) is 7.42. The van der Waals surface area contributed by atoms with Crippen LogP contribution in [0.15, 0.2) is 42.6 Å². The van der Waals surface area contributed by atoms with E-state index in [0.29, 0.717) is 44.5 Å². The molecule has 1 atom stereocenters. The molecule has 4 rings (SSSR count). The highest BCUT2D eigenvalue weighted by molar-refractivity contribution is 5.96. The molecule has 1 saturated carbocycles. The molecule has 1 saturated heterocycles. The van der Waals surface area contributed by atoms with Crippen molar-refractivity contribution in [3.63, 3.8) is 0 Å². The topological polar surface area (TPSA) is 76.5 Å². The molecule has 1 aromatic carbocycles. The number of hydrogen-bond donors (Lipinski definition) is 1. The van der Waals surface area contributed by atoms with E-state index in [1.165, 1.54) is 12.8 Å². The van der Waals surface area contributed by atoms with Gasteiger partial charge >= 0.3 is 0 Å². The Morgan fingerprint density at radius 3 is 2.55 bits per heavy atom. The average molecular weight is 396 g/mol. The normalized spacial score (nSPS) is 18.6. The Kier molecular flexibility index (Phi) is 6.24. The van der Waals surface area contributed by atoms with Gasteiger partial charge in [0.25, 0.3) is 5.91 Å². The third-order valence-electron chi connectivity index (χ3n) is 5.75. The van der Waals surface area contributed by atoms with Crippen LogP contribution in [0.5, 0.6) is 0 Å². The van der Waals surface area contributed by atoms with Gasteiger partial charge in [-0.25, -0.2) is 0 Å². The standard InChI is InChI=1S/C22H28N4O3/c27-21(19-10-11-26(24-19)18-8-4-5-9-18)23-20(16-17-6-2-1-3-7-17)22(28)25-12-14-29-15-13-25/h1-3,6-7,10-11,18,20H,4-5,8-9,12-16H2,(H,23,27). The molecule has 1 N–H and O–H groups in total. The number of carbonyl (C=O) groups is 2. The van der Waals surface area contributed by atoms with Gasteiger partial charge in [0.15, 0.2) is 0 Å². The highest BCUT2D eigenvalue weighted by atomic mass is 16.5. The van der Waals surface area contributed by atoms with Gasteiger partial charge in [0.2, 0.25) is 5.91 Å². The van der Waals surface area contributed by atoms with Crippen LogP contribution in [0.1, 0.15) is 47.8 Å². The number of ether oxygens (including phenoxy) is 1. The number of amides is 2. The number of hydrogen-bond acceptors (Lipinski definition) is 4. The molecular formula is C22H28N4O3. The first-order valence-corrected chi connectivity index (χ1v) is 10.5. The van der Waals surface area contributed by atoms with Crippen molar-refractivity contribution >= 4 is 11.8 Å². The summed E-state index contributed by atoms with van der Waals surface area (Å²) in [5.74, 6) is -0.370. The quantitative estimate of drug-likeness (QED) is 0.812. The lowest BCUT2D eigenvalue weighted by Gasteiger charge is -2.30.